The summed E-state index contributed by atoms with van der Waals surface area (Å²) < 4.78 is 0. The summed E-state index contributed by atoms with van der Waals surface area (Å²) in [6.07, 6.45) is 3.76. The van der Waals surface area contributed by atoms with E-state index in [9.17, 15) is 0 Å². The smallest absolute Gasteiger partial charge is 0.0648 e. The Balaban J connectivity index is 1.75. The summed E-state index contributed by atoms with van der Waals surface area (Å²) in [5.74, 6) is 0.0541. The van der Waals surface area contributed by atoms with Gasteiger partial charge >= 0.3 is 0 Å². The molecule has 0 aliphatic carbocycles. The fourth-order valence-electron chi connectivity index (χ4n) is 4.86. The van der Waals surface area contributed by atoms with Gasteiger partial charge in [0, 0.05) is 85.2 Å². The van der Waals surface area contributed by atoms with Gasteiger partial charge in [-0.15, -0.1) is 0 Å². The third-order valence-corrected chi connectivity index (χ3v) is 6.81. The normalized spacial score (nSPS) is 11.6. The molecule has 5 aromatic rings. The lowest BCUT2D eigenvalue weighted by atomic mass is 9.89. The average molecular weight is 438 g/mol. The van der Waals surface area contributed by atoms with Crippen molar-refractivity contribution in [3.63, 3.8) is 0 Å². The Bertz CT molecular complexity index is 1350. The van der Waals surface area contributed by atoms with Gasteiger partial charge in [0.05, 0.1) is 5.92 Å². The van der Waals surface area contributed by atoms with E-state index in [-0.39, 0.29) is 5.92 Å². The first kappa shape index (κ1) is 21.1. The van der Waals surface area contributed by atoms with Gasteiger partial charge in [-0.25, -0.2) is 0 Å². The van der Waals surface area contributed by atoms with Gasteiger partial charge in [-0.05, 0) is 66.9 Å². The van der Waals surface area contributed by atoms with Crippen molar-refractivity contribution in [3.8, 4) is 0 Å². The van der Waals surface area contributed by atoms with Crippen LogP contribution in [0.4, 0.5) is 11.4 Å². The summed E-state index contributed by atoms with van der Waals surface area (Å²) >= 11 is 0. The third kappa shape index (κ3) is 3.54. The number of anilines is 2. The van der Waals surface area contributed by atoms with Crippen LogP contribution in [0.25, 0.3) is 21.8 Å². The van der Waals surface area contributed by atoms with E-state index in [2.05, 4.69) is 115 Å². The number of aromatic nitrogens is 3. The summed E-state index contributed by atoms with van der Waals surface area (Å²) in [5, 5.41) is 2.52. The standard InChI is InChI=1S/C28H31N5/c1-17-22-9-7-20(32(3)4)15-24(22)30-27(17)26(19-11-13-29-14-12-19)28-18(2)23-10-8-21(33(5)6)16-25(23)31-28/h7-16,26,30-31H,1-6H3. The molecule has 2 aromatic carbocycles. The highest BCUT2D eigenvalue weighted by molar-refractivity contribution is 5.90. The van der Waals surface area contributed by atoms with Gasteiger partial charge in [-0.2, -0.15) is 0 Å². The fourth-order valence-corrected chi connectivity index (χ4v) is 4.86. The second-order valence-electron chi connectivity index (χ2n) is 9.29. The lowest BCUT2D eigenvalue weighted by Crippen LogP contribution is -2.08. The third-order valence-electron chi connectivity index (χ3n) is 6.81. The van der Waals surface area contributed by atoms with Crippen molar-refractivity contribution in [3.05, 3.63) is 89.0 Å². The highest BCUT2D eigenvalue weighted by Crippen LogP contribution is 2.40. The van der Waals surface area contributed by atoms with E-state index in [4.69, 9.17) is 0 Å². The summed E-state index contributed by atoms with van der Waals surface area (Å²) in [7, 11) is 8.31. The molecule has 3 aromatic heterocycles. The maximum absolute atomic E-state index is 4.28. The molecular weight excluding hydrogens is 406 g/mol. The zero-order valence-corrected chi connectivity index (χ0v) is 20.2. The molecule has 0 aliphatic heterocycles. The van der Waals surface area contributed by atoms with Crippen LogP contribution in [-0.4, -0.2) is 43.1 Å². The van der Waals surface area contributed by atoms with Crippen LogP contribution in [0.1, 0.15) is 34.0 Å². The van der Waals surface area contributed by atoms with Gasteiger partial charge in [-0.1, -0.05) is 12.1 Å². The molecule has 0 aliphatic rings. The summed E-state index contributed by atoms with van der Waals surface area (Å²) in [4.78, 5) is 16.1. The number of hydrogen-bond donors (Lipinski definition) is 2. The van der Waals surface area contributed by atoms with Crippen molar-refractivity contribution in [2.24, 2.45) is 0 Å². The average Bonchev–Trinajstić information content (AvgIpc) is 3.31. The molecule has 3 heterocycles. The first-order valence-corrected chi connectivity index (χ1v) is 11.3. The Kier molecular flexibility index (Phi) is 5.12. The number of hydrogen-bond acceptors (Lipinski definition) is 3. The summed E-state index contributed by atoms with van der Waals surface area (Å²) in [6, 6.07) is 17.5. The first-order chi connectivity index (χ1) is 15.8. The number of aryl methyl sites for hydroxylation is 2. The van der Waals surface area contributed by atoms with Crippen molar-refractivity contribution in [1.29, 1.82) is 0 Å². The van der Waals surface area contributed by atoms with Gasteiger partial charge in [0.25, 0.3) is 0 Å². The molecule has 0 unspecified atom stereocenters. The monoisotopic (exact) mass is 437 g/mol. The predicted octanol–water partition coefficient (Wildman–Crippen LogP) is 5.97. The predicted molar refractivity (Wildman–Crippen MR) is 140 cm³/mol. The van der Waals surface area contributed by atoms with E-state index in [1.165, 1.54) is 50.2 Å². The van der Waals surface area contributed by atoms with Crippen molar-refractivity contribution in [1.82, 2.24) is 15.0 Å². The second kappa shape index (κ2) is 8.00. The largest absolute Gasteiger partial charge is 0.378 e. The van der Waals surface area contributed by atoms with Crippen molar-refractivity contribution < 1.29 is 0 Å². The SMILES string of the molecule is Cc1c(C(c2ccncc2)c2[nH]c3cc(N(C)C)ccc3c2C)[nH]c2cc(N(C)C)ccc12. The molecule has 0 atom stereocenters. The summed E-state index contributed by atoms with van der Waals surface area (Å²) in [5.41, 5.74) is 10.9. The van der Waals surface area contributed by atoms with E-state index in [0.29, 0.717) is 0 Å². The van der Waals surface area contributed by atoms with Crippen LogP contribution in [0.5, 0.6) is 0 Å². The highest BCUT2D eigenvalue weighted by atomic mass is 15.1. The molecule has 2 N–H and O–H groups in total. The maximum atomic E-state index is 4.28. The van der Waals surface area contributed by atoms with Gasteiger partial charge in [0.15, 0.2) is 0 Å². The lowest BCUT2D eigenvalue weighted by Gasteiger charge is -2.18. The van der Waals surface area contributed by atoms with Gasteiger partial charge in [0.1, 0.15) is 0 Å². The minimum Gasteiger partial charge on any atom is -0.378 e. The van der Waals surface area contributed by atoms with E-state index in [1.807, 2.05) is 12.4 Å². The Morgan fingerprint density at radius 1 is 0.667 bits per heavy atom. The van der Waals surface area contributed by atoms with E-state index in [0.717, 1.165) is 11.0 Å². The van der Waals surface area contributed by atoms with Crippen molar-refractivity contribution in [2.45, 2.75) is 19.8 Å². The van der Waals surface area contributed by atoms with Crippen LogP contribution in [0.3, 0.4) is 0 Å². The molecule has 0 radical (unpaired) electrons. The molecule has 5 nitrogen and oxygen atoms in total. The molecule has 0 fully saturated rings. The Morgan fingerprint density at radius 2 is 1.12 bits per heavy atom. The van der Waals surface area contributed by atoms with E-state index < -0.39 is 0 Å². The highest BCUT2D eigenvalue weighted by Gasteiger charge is 2.26. The molecule has 0 spiro atoms. The topological polar surface area (TPSA) is 51.0 Å². The van der Waals surface area contributed by atoms with Crippen LogP contribution in [-0.2, 0) is 0 Å². The van der Waals surface area contributed by atoms with Gasteiger partial charge < -0.3 is 19.8 Å². The molecule has 5 heteroatoms. The van der Waals surface area contributed by atoms with Crippen molar-refractivity contribution in [2.75, 3.05) is 38.0 Å². The zero-order valence-electron chi connectivity index (χ0n) is 20.2. The number of rotatable bonds is 5. The molecule has 0 amide bonds. The Labute approximate surface area is 195 Å². The maximum Gasteiger partial charge on any atom is 0.0648 e. The zero-order chi connectivity index (χ0) is 23.3. The Morgan fingerprint density at radius 3 is 1.55 bits per heavy atom. The molecule has 168 valence electrons. The molecule has 33 heavy (non-hydrogen) atoms. The van der Waals surface area contributed by atoms with Gasteiger partial charge in [0.2, 0.25) is 0 Å². The van der Waals surface area contributed by atoms with Crippen LogP contribution in [0, 0.1) is 13.8 Å². The molecular formula is C28H31N5. The molecule has 0 bridgehead atoms. The number of pyridine rings is 1. The number of benzene rings is 2. The van der Waals surface area contributed by atoms with Crippen LogP contribution in [0.2, 0.25) is 0 Å². The fraction of sp³-hybridized carbons (Fsp3) is 0.250. The second-order valence-corrected chi connectivity index (χ2v) is 9.29. The van der Waals surface area contributed by atoms with Crippen LogP contribution < -0.4 is 9.80 Å². The van der Waals surface area contributed by atoms with Crippen molar-refractivity contribution >= 4 is 33.2 Å². The van der Waals surface area contributed by atoms with E-state index in [1.54, 1.807) is 0 Å². The molecule has 0 saturated carbocycles. The lowest BCUT2D eigenvalue weighted by molar-refractivity contribution is 0.883. The number of H-pyrrole nitrogens is 2. The molecule has 5 rings (SSSR count). The first-order valence-electron chi connectivity index (χ1n) is 11.3. The van der Waals surface area contributed by atoms with E-state index >= 15 is 0 Å². The molecule has 0 saturated heterocycles. The van der Waals surface area contributed by atoms with Crippen LogP contribution in [0.15, 0.2) is 60.9 Å². The van der Waals surface area contributed by atoms with Crippen LogP contribution >= 0.6 is 0 Å². The minimum absolute atomic E-state index is 0.0541. The number of aromatic amines is 2. The van der Waals surface area contributed by atoms with Gasteiger partial charge in [-0.3, -0.25) is 4.98 Å². The number of nitrogens with one attached hydrogen (secondary N) is 2. The summed E-state index contributed by atoms with van der Waals surface area (Å²) in [6.45, 7) is 4.44. The number of nitrogens with zero attached hydrogens (tertiary/aromatic N) is 3. The minimum atomic E-state index is 0.0541. The quantitative estimate of drug-likeness (QED) is 0.356. The number of fused-ring (bicyclic) bond motifs is 2. The Hall–Kier alpha value is -3.73.